The third-order valence-corrected chi connectivity index (χ3v) is 9.04. The van der Waals surface area contributed by atoms with Crippen molar-refractivity contribution in [1.82, 2.24) is 15.5 Å². The molecule has 1 unspecified atom stereocenters. The van der Waals surface area contributed by atoms with E-state index >= 15 is 0 Å². The summed E-state index contributed by atoms with van der Waals surface area (Å²) in [5.74, 6) is 0.0591. The number of nitrogens with zero attached hydrogens (tertiary/aromatic N) is 1. The third kappa shape index (κ3) is 7.09. The Bertz CT molecular complexity index is 1020. The molecule has 39 heavy (non-hydrogen) atoms. The Morgan fingerprint density at radius 3 is 2.59 bits per heavy atom. The number of amides is 3. The Labute approximate surface area is 231 Å². The lowest BCUT2D eigenvalue weighted by Crippen LogP contribution is -2.58. The van der Waals surface area contributed by atoms with E-state index in [4.69, 9.17) is 9.47 Å². The van der Waals surface area contributed by atoms with Crippen molar-refractivity contribution in [2.24, 2.45) is 11.3 Å². The number of likely N-dealkylation sites (tertiary alicyclic amines) is 1. The van der Waals surface area contributed by atoms with Crippen LogP contribution >= 0.6 is 0 Å². The average molecular weight is 538 g/mol. The van der Waals surface area contributed by atoms with Crippen LogP contribution in [0.3, 0.4) is 0 Å². The fraction of sp³-hybridized carbons (Fsp3) is 0.645. The smallest absolute Gasteiger partial charge is 0.243 e. The van der Waals surface area contributed by atoms with Crippen molar-refractivity contribution in [3.63, 3.8) is 0 Å². The molecule has 212 valence electrons. The zero-order chi connectivity index (χ0) is 27.1. The lowest BCUT2D eigenvalue weighted by molar-refractivity contribution is -0.141. The molecule has 4 aliphatic rings. The van der Waals surface area contributed by atoms with Crippen LogP contribution in [0, 0.1) is 11.3 Å². The molecule has 0 bridgehead atoms. The van der Waals surface area contributed by atoms with Crippen LogP contribution in [0.1, 0.15) is 63.4 Å². The molecule has 1 spiro atoms. The highest BCUT2D eigenvalue weighted by Gasteiger charge is 2.42. The Kier molecular flexibility index (Phi) is 9.35. The molecule has 4 heterocycles. The normalized spacial score (nSPS) is 30.7. The Morgan fingerprint density at radius 2 is 1.82 bits per heavy atom. The van der Waals surface area contributed by atoms with Crippen LogP contribution < -0.4 is 10.6 Å². The van der Waals surface area contributed by atoms with Gasteiger partial charge in [0, 0.05) is 51.3 Å². The molecule has 1 aromatic carbocycles. The average Bonchev–Trinajstić information content (AvgIpc) is 2.96. The lowest BCUT2D eigenvalue weighted by atomic mass is 9.75. The molecule has 5 rings (SSSR count). The van der Waals surface area contributed by atoms with E-state index < -0.39 is 11.5 Å². The van der Waals surface area contributed by atoms with E-state index in [1.165, 1.54) is 0 Å². The quantitative estimate of drug-likeness (QED) is 0.576. The van der Waals surface area contributed by atoms with E-state index in [9.17, 15) is 14.4 Å². The minimum atomic E-state index is -0.660. The highest BCUT2D eigenvalue weighted by Crippen LogP contribution is 2.36. The maximum Gasteiger partial charge on any atom is 0.243 e. The predicted molar refractivity (Wildman–Crippen MR) is 148 cm³/mol. The van der Waals surface area contributed by atoms with Gasteiger partial charge in [0.1, 0.15) is 6.04 Å². The highest BCUT2D eigenvalue weighted by atomic mass is 16.5. The molecule has 0 aromatic heterocycles. The molecular formula is C31H43N3O5. The van der Waals surface area contributed by atoms with Crippen LogP contribution in [0.25, 0.3) is 0 Å². The third-order valence-electron chi connectivity index (χ3n) is 9.04. The second-order valence-electron chi connectivity index (χ2n) is 11.7. The first-order chi connectivity index (χ1) is 19.0. The van der Waals surface area contributed by atoms with Crippen molar-refractivity contribution in [3.05, 3.63) is 48.0 Å². The monoisotopic (exact) mass is 537 g/mol. The number of piperidine rings is 1. The summed E-state index contributed by atoms with van der Waals surface area (Å²) in [7, 11) is 0. The van der Waals surface area contributed by atoms with Crippen LogP contribution in [0.4, 0.5) is 0 Å². The molecule has 4 aliphatic heterocycles. The van der Waals surface area contributed by atoms with Gasteiger partial charge in [-0.15, -0.1) is 0 Å². The Hall–Kier alpha value is -2.71. The summed E-state index contributed by atoms with van der Waals surface area (Å²) in [5.41, 5.74) is 0.435. The van der Waals surface area contributed by atoms with Crippen molar-refractivity contribution < 1.29 is 23.9 Å². The number of rotatable bonds is 4. The van der Waals surface area contributed by atoms with Gasteiger partial charge in [0.15, 0.2) is 0 Å². The van der Waals surface area contributed by atoms with Crippen LogP contribution in [0.5, 0.6) is 0 Å². The van der Waals surface area contributed by atoms with Gasteiger partial charge in [-0.1, -0.05) is 42.5 Å². The number of allylic oxidation sites excluding steroid dienone is 2. The SMILES string of the molecule is O=C1N[C@H]2CCN(C(=O)CC3CCCCO3)C[C@H]2C/C=C/CC2(CCOCC2)C(=O)N[C@@H]1Cc1ccccc1. The van der Waals surface area contributed by atoms with Crippen molar-refractivity contribution in [2.45, 2.75) is 82.4 Å². The summed E-state index contributed by atoms with van der Waals surface area (Å²) in [6.45, 7) is 3.07. The first kappa shape index (κ1) is 27.8. The van der Waals surface area contributed by atoms with Gasteiger partial charge < -0.3 is 25.0 Å². The molecule has 0 radical (unpaired) electrons. The van der Waals surface area contributed by atoms with E-state index in [1.54, 1.807) is 0 Å². The predicted octanol–water partition coefficient (Wildman–Crippen LogP) is 3.15. The zero-order valence-corrected chi connectivity index (χ0v) is 22.9. The number of hydrogen-bond acceptors (Lipinski definition) is 5. The number of benzene rings is 1. The molecule has 0 saturated carbocycles. The second-order valence-corrected chi connectivity index (χ2v) is 11.7. The molecule has 3 fully saturated rings. The second kappa shape index (κ2) is 13.1. The number of ether oxygens (including phenoxy) is 2. The first-order valence-electron chi connectivity index (χ1n) is 14.8. The maximum absolute atomic E-state index is 13.7. The summed E-state index contributed by atoms with van der Waals surface area (Å²) in [5, 5.41) is 6.43. The molecule has 2 N–H and O–H groups in total. The van der Waals surface area contributed by atoms with E-state index in [1.807, 2.05) is 35.2 Å². The number of hydrogen-bond donors (Lipinski definition) is 2. The summed E-state index contributed by atoms with van der Waals surface area (Å²) >= 11 is 0. The van der Waals surface area contributed by atoms with Gasteiger partial charge in [0.25, 0.3) is 0 Å². The van der Waals surface area contributed by atoms with Gasteiger partial charge in [-0.2, -0.15) is 0 Å². The zero-order valence-electron chi connectivity index (χ0n) is 22.9. The number of fused-ring (bicyclic) bond motifs is 1. The minimum Gasteiger partial charge on any atom is -0.381 e. The van der Waals surface area contributed by atoms with E-state index in [2.05, 4.69) is 22.8 Å². The molecule has 8 heteroatoms. The standard InChI is InChI=1S/C31H43N3O5/c35-28(21-25-11-5-7-17-39-25)34-16-12-26-24(22-34)10-4-6-13-31(14-18-38-19-15-31)30(37)33-27(29(36)32-26)20-23-8-2-1-3-9-23/h1-4,6,8-9,24-27H,5,7,10-22H2,(H,32,36)(H,33,37)/b6-4+/t24-,25?,26+,27-/m1/s1. The summed E-state index contributed by atoms with van der Waals surface area (Å²) in [6.07, 6.45) is 11.7. The van der Waals surface area contributed by atoms with Gasteiger partial charge >= 0.3 is 0 Å². The topological polar surface area (TPSA) is 97.0 Å². The molecule has 3 saturated heterocycles. The largest absolute Gasteiger partial charge is 0.381 e. The summed E-state index contributed by atoms with van der Waals surface area (Å²) in [6, 6.07) is 9.13. The first-order valence-corrected chi connectivity index (χ1v) is 14.8. The Morgan fingerprint density at radius 1 is 1.00 bits per heavy atom. The fourth-order valence-corrected chi connectivity index (χ4v) is 6.50. The number of nitrogens with one attached hydrogen (secondary N) is 2. The Balaban J connectivity index is 1.33. The fourth-order valence-electron chi connectivity index (χ4n) is 6.50. The molecule has 1 aromatic rings. The lowest BCUT2D eigenvalue weighted by Gasteiger charge is -2.41. The van der Waals surface area contributed by atoms with E-state index in [-0.39, 0.29) is 35.8 Å². The van der Waals surface area contributed by atoms with Gasteiger partial charge in [-0.05, 0) is 56.9 Å². The number of carbonyl (C=O) groups is 3. The molecular weight excluding hydrogens is 494 g/mol. The van der Waals surface area contributed by atoms with Crippen LogP contribution in [0.15, 0.2) is 42.5 Å². The number of carbonyl (C=O) groups excluding carboxylic acids is 3. The van der Waals surface area contributed by atoms with Gasteiger partial charge in [-0.25, -0.2) is 0 Å². The molecule has 3 amide bonds. The molecule has 4 atom stereocenters. The van der Waals surface area contributed by atoms with Crippen LogP contribution in [0.2, 0.25) is 0 Å². The molecule has 0 aliphatic carbocycles. The minimum absolute atomic E-state index is 0.0258. The van der Waals surface area contributed by atoms with Gasteiger partial charge in [0.05, 0.1) is 17.9 Å². The van der Waals surface area contributed by atoms with Crippen molar-refractivity contribution >= 4 is 17.7 Å². The van der Waals surface area contributed by atoms with E-state index in [0.29, 0.717) is 64.8 Å². The van der Waals surface area contributed by atoms with E-state index in [0.717, 1.165) is 37.9 Å². The van der Waals surface area contributed by atoms with Crippen molar-refractivity contribution in [2.75, 3.05) is 32.9 Å². The van der Waals surface area contributed by atoms with Gasteiger partial charge in [-0.3, -0.25) is 14.4 Å². The highest BCUT2D eigenvalue weighted by molar-refractivity contribution is 5.90. The van der Waals surface area contributed by atoms with Crippen molar-refractivity contribution in [3.8, 4) is 0 Å². The summed E-state index contributed by atoms with van der Waals surface area (Å²) < 4.78 is 11.4. The van der Waals surface area contributed by atoms with Gasteiger partial charge in [0.2, 0.25) is 17.7 Å². The molecule has 8 nitrogen and oxygen atoms in total. The van der Waals surface area contributed by atoms with Crippen LogP contribution in [-0.2, 0) is 30.3 Å². The van der Waals surface area contributed by atoms with Crippen molar-refractivity contribution in [1.29, 1.82) is 0 Å². The summed E-state index contributed by atoms with van der Waals surface area (Å²) in [4.78, 5) is 42.5. The van der Waals surface area contributed by atoms with Crippen LogP contribution in [-0.4, -0.2) is 73.7 Å². The maximum atomic E-state index is 13.7.